The van der Waals surface area contributed by atoms with E-state index in [-0.39, 0.29) is 11.3 Å². The van der Waals surface area contributed by atoms with Crippen molar-refractivity contribution in [3.63, 3.8) is 0 Å². The molecule has 0 bridgehead atoms. The molecule has 1 aliphatic rings. The molecule has 2 heterocycles. The summed E-state index contributed by atoms with van der Waals surface area (Å²) in [5.74, 6) is -0.914. The Bertz CT molecular complexity index is 1430. The Morgan fingerprint density at radius 1 is 1.09 bits per heavy atom. The molecule has 1 saturated heterocycles. The number of nitrogens with zero attached hydrogens (tertiary/aromatic N) is 3. The van der Waals surface area contributed by atoms with Crippen LogP contribution in [-0.4, -0.2) is 34.7 Å². The summed E-state index contributed by atoms with van der Waals surface area (Å²) in [6, 6.07) is 14.0. The third kappa shape index (κ3) is 4.14. The Balaban J connectivity index is 1.64. The van der Waals surface area contributed by atoms with Gasteiger partial charge in [-0.2, -0.15) is 0 Å². The average molecular weight is 457 g/mol. The van der Waals surface area contributed by atoms with Crippen LogP contribution in [0.15, 0.2) is 54.6 Å². The minimum atomic E-state index is -0.722. The minimum Gasteiger partial charge on any atom is -0.505 e. The Morgan fingerprint density at radius 2 is 1.94 bits per heavy atom. The van der Waals surface area contributed by atoms with Gasteiger partial charge in [-0.15, -0.1) is 0 Å². The van der Waals surface area contributed by atoms with Gasteiger partial charge < -0.3 is 15.7 Å². The van der Waals surface area contributed by atoms with Crippen LogP contribution in [0.5, 0.6) is 5.75 Å². The van der Waals surface area contributed by atoms with Crippen molar-refractivity contribution in [1.29, 1.82) is 0 Å². The van der Waals surface area contributed by atoms with E-state index in [1.165, 1.54) is 18.2 Å². The van der Waals surface area contributed by atoms with Gasteiger partial charge in [-0.1, -0.05) is 30.3 Å². The normalized spacial score (nSPS) is 15.4. The van der Waals surface area contributed by atoms with Crippen LogP contribution in [-0.2, 0) is 0 Å². The van der Waals surface area contributed by atoms with Gasteiger partial charge in [-0.05, 0) is 55.3 Å². The standard InChI is InChI=1S/C26H21F2N5O/c1-29-22-8-6-17(12-20(22)27)25-19-11-16(18-3-2-4-23(34)24(18)28)5-7-21(19)32-26(33-25)31-14-15-9-10-30-13-15/h2-8,11-12,15,30,34H,9-10,13-14H2,(H,31,32,33)/t15-/m0/s1. The van der Waals surface area contributed by atoms with Gasteiger partial charge in [0.2, 0.25) is 11.6 Å². The van der Waals surface area contributed by atoms with Crippen molar-refractivity contribution < 1.29 is 13.9 Å². The number of hydrogen-bond acceptors (Lipinski definition) is 5. The summed E-state index contributed by atoms with van der Waals surface area (Å²) in [4.78, 5) is 12.5. The summed E-state index contributed by atoms with van der Waals surface area (Å²) < 4.78 is 29.1. The number of fused-ring (bicyclic) bond motifs is 1. The van der Waals surface area contributed by atoms with Gasteiger partial charge >= 0.3 is 0 Å². The van der Waals surface area contributed by atoms with E-state index < -0.39 is 17.4 Å². The van der Waals surface area contributed by atoms with Gasteiger partial charge in [0.15, 0.2) is 11.6 Å². The third-order valence-corrected chi connectivity index (χ3v) is 6.04. The summed E-state index contributed by atoms with van der Waals surface area (Å²) in [5.41, 5.74) is 2.25. The Morgan fingerprint density at radius 3 is 2.71 bits per heavy atom. The Labute approximate surface area is 195 Å². The lowest BCUT2D eigenvalue weighted by atomic mass is 9.99. The molecule has 0 spiro atoms. The van der Waals surface area contributed by atoms with Crippen LogP contribution < -0.4 is 10.6 Å². The maximum Gasteiger partial charge on any atom is 0.223 e. The predicted octanol–water partition coefficient (Wildman–Crippen LogP) is 5.52. The average Bonchev–Trinajstić information content (AvgIpc) is 3.37. The van der Waals surface area contributed by atoms with Crippen LogP contribution >= 0.6 is 0 Å². The summed E-state index contributed by atoms with van der Waals surface area (Å²) in [6.07, 6.45) is 1.07. The molecule has 0 radical (unpaired) electrons. The highest BCUT2D eigenvalue weighted by Crippen LogP contribution is 2.35. The van der Waals surface area contributed by atoms with Crippen LogP contribution in [0, 0.1) is 24.1 Å². The zero-order valence-corrected chi connectivity index (χ0v) is 18.1. The molecule has 4 aromatic rings. The molecular formula is C26H21F2N5O. The summed E-state index contributed by atoms with van der Waals surface area (Å²) in [5, 5.41) is 17.0. The molecule has 8 heteroatoms. The number of aromatic hydroxyl groups is 1. The van der Waals surface area contributed by atoms with Crippen molar-refractivity contribution in [2.24, 2.45) is 5.92 Å². The lowest BCUT2D eigenvalue weighted by Crippen LogP contribution is -2.18. The van der Waals surface area contributed by atoms with E-state index in [1.54, 1.807) is 36.4 Å². The highest BCUT2D eigenvalue weighted by atomic mass is 19.1. The predicted molar refractivity (Wildman–Crippen MR) is 128 cm³/mol. The molecule has 0 aliphatic carbocycles. The number of phenols is 1. The van der Waals surface area contributed by atoms with Crippen LogP contribution in [0.25, 0.3) is 38.1 Å². The van der Waals surface area contributed by atoms with Crippen molar-refractivity contribution >= 4 is 22.5 Å². The highest BCUT2D eigenvalue weighted by Gasteiger charge is 2.18. The number of benzene rings is 3. The molecule has 1 aliphatic heterocycles. The molecule has 3 N–H and O–H groups in total. The number of nitrogens with one attached hydrogen (secondary N) is 2. The smallest absolute Gasteiger partial charge is 0.223 e. The molecule has 1 aromatic heterocycles. The molecule has 0 saturated carbocycles. The summed E-state index contributed by atoms with van der Waals surface area (Å²) in [7, 11) is 0. The van der Waals surface area contributed by atoms with Gasteiger partial charge in [-0.25, -0.2) is 23.6 Å². The molecule has 0 amide bonds. The summed E-state index contributed by atoms with van der Waals surface area (Å²) >= 11 is 0. The van der Waals surface area contributed by atoms with E-state index in [1.807, 2.05) is 0 Å². The van der Waals surface area contributed by atoms with E-state index >= 15 is 0 Å². The Hall–Kier alpha value is -4.09. The molecule has 1 atom stereocenters. The second-order valence-corrected chi connectivity index (χ2v) is 8.28. The highest BCUT2D eigenvalue weighted by molar-refractivity contribution is 5.96. The molecule has 0 unspecified atom stereocenters. The van der Waals surface area contributed by atoms with Gasteiger partial charge in [-0.3, -0.25) is 0 Å². The fourth-order valence-electron chi connectivity index (χ4n) is 4.21. The first-order valence-electron chi connectivity index (χ1n) is 10.9. The topological polar surface area (TPSA) is 74.4 Å². The third-order valence-electron chi connectivity index (χ3n) is 6.04. The van der Waals surface area contributed by atoms with E-state index in [0.29, 0.717) is 46.1 Å². The molecule has 3 aromatic carbocycles. The number of anilines is 1. The quantitative estimate of drug-likeness (QED) is 0.344. The van der Waals surface area contributed by atoms with Crippen molar-refractivity contribution in [1.82, 2.24) is 15.3 Å². The first kappa shape index (κ1) is 21.7. The SMILES string of the molecule is [C-]#[N+]c1ccc(-c2nc(NC[C@H]3CCNC3)nc3ccc(-c4cccc(O)c4F)cc23)cc1F. The second-order valence-electron chi connectivity index (χ2n) is 8.28. The van der Waals surface area contributed by atoms with Gasteiger partial charge in [0, 0.05) is 23.1 Å². The lowest BCUT2D eigenvalue weighted by molar-refractivity contribution is 0.433. The van der Waals surface area contributed by atoms with Crippen molar-refractivity contribution in [2.45, 2.75) is 6.42 Å². The lowest BCUT2D eigenvalue weighted by Gasteiger charge is -2.14. The first-order chi connectivity index (χ1) is 16.5. The van der Waals surface area contributed by atoms with E-state index in [9.17, 15) is 13.9 Å². The number of hydrogen-bond donors (Lipinski definition) is 3. The molecule has 5 rings (SSSR count). The van der Waals surface area contributed by atoms with Gasteiger partial charge in [0.05, 0.1) is 17.8 Å². The van der Waals surface area contributed by atoms with Crippen molar-refractivity contribution in [3.8, 4) is 28.1 Å². The van der Waals surface area contributed by atoms with E-state index in [0.717, 1.165) is 19.5 Å². The maximum atomic E-state index is 14.6. The number of rotatable bonds is 5. The number of aromatic nitrogens is 2. The largest absolute Gasteiger partial charge is 0.505 e. The van der Waals surface area contributed by atoms with Crippen molar-refractivity contribution in [3.05, 3.63) is 77.6 Å². The van der Waals surface area contributed by atoms with Crippen LogP contribution in [0.2, 0.25) is 0 Å². The van der Waals surface area contributed by atoms with Crippen LogP contribution in [0.4, 0.5) is 20.4 Å². The monoisotopic (exact) mass is 457 g/mol. The summed E-state index contributed by atoms with van der Waals surface area (Å²) in [6.45, 7) is 9.72. The maximum absolute atomic E-state index is 14.6. The molecule has 6 nitrogen and oxygen atoms in total. The van der Waals surface area contributed by atoms with Crippen molar-refractivity contribution in [2.75, 3.05) is 25.0 Å². The second kappa shape index (κ2) is 9.04. The number of halogens is 2. The molecule has 34 heavy (non-hydrogen) atoms. The first-order valence-corrected chi connectivity index (χ1v) is 10.9. The van der Waals surface area contributed by atoms with E-state index in [2.05, 4.69) is 25.4 Å². The molecule has 1 fully saturated rings. The van der Waals surface area contributed by atoms with Gasteiger partial charge in [0.1, 0.15) is 5.82 Å². The number of phenolic OH excluding ortho intramolecular Hbond substituents is 1. The fraction of sp³-hybridized carbons (Fsp3) is 0.192. The zero-order valence-electron chi connectivity index (χ0n) is 18.1. The van der Waals surface area contributed by atoms with E-state index in [4.69, 9.17) is 6.57 Å². The molecule has 170 valence electrons. The Kier molecular flexibility index (Phi) is 5.78. The van der Waals surface area contributed by atoms with Crippen LogP contribution in [0.1, 0.15) is 6.42 Å². The van der Waals surface area contributed by atoms with Gasteiger partial charge in [0.25, 0.3) is 0 Å². The molecular weight excluding hydrogens is 436 g/mol. The zero-order chi connectivity index (χ0) is 23.7. The van der Waals surface area contributed by atoms with Crippen LogP contribution in [0.3, 0.4) is 0 Å². The minimum absolute atomic E-state index is 0.0725. The fourth-order valence-corrected chi connectivity index (χ4v) is 4.21.